The fraction of sp³-hybridized carbons (Fsp3) is 0.409. The number of aliphatic hydroxyl groups is 2. The maximum Gasteiger partial charge on any atom is 0.407 e. The molecule has 0 aliphatic rings. The zero-order chi connectivity index (χ0) is 23.1. The number of aliphatic hydroxyl groups excluding tert-OH is 2. The summed E-state index contributed by atoms with van der Waals surface area (Å²) in [5.74, 6) is 0. The van der Waals surface area contributed by atoms with E-state index >= 15 is 0 Å². The minimum atomic E-state index is -2.13. The van der Waals surface area contributed by atoms with Gasteiger partial charge in [-0.05, 0) is 44.4 Å². The lowest BCUT2D eigenvalue weighted by molar-refractivity contribution is 0.143. The van der Waals surface area contributed by atoms with Crippen LogP contribution in [0.2, 0.25) is 0 Å². The van der Waals surface area contributed by atoms with Crippen LogP contribution in [0, 0.1) is 0 Å². The van der Waals surface area contributed by atoms with Gasteiger partial charge in [-0.3, -0.25) is 0 Å². The van der Waals surface area contributed by atoms with Gasteiger partial charge in [-0.15, -0.1) is 0 Å². The first-order valence-corrected chi connectivity index (χ1v) is 9.34. The largest absolute Gasteiger partial charge is 0.450 e. The molecule has 154 valence electrons. The number of carbonyl (C=O) groups excluding carboxylic acids is 1. The minimum absolute atomic E-state index is 0.270. The summed E-state index contributed by atoms with van der Waals surface area (Å²) in [6.07, 6.45) is -0.738. The number of rotatable bonds is 9. The van der Waals surface area contributed by atoms with Crippen LogP contribution in [0.15, 0.2) is 60.7 Å². The third-order valence-electron chi connectivity index (χ3n) is 3.87. The standard InChI is InChI=1S/C12H17NO3.C10H15NO/c1-2-16-12(15)13-9-8-11(14)10-6-4-3-5-7-10;1-11-8-7-10(12)9-5-3-2-4-6-9/h3-7,11,14H,2,8-9H2,1H3,(H,13,15);2-6,10-12H,7-8H2,1H3/i;1D3. The van der Waals surface area contributed by atoms with Gasteiger partial charge in [-0.2, -0.15) is 0 Å². The Morgan fingerprint density at radius 1 is 0.964 bits per heavy atom. The van der Waals surface area contributed by atoms with E-state index in [0.717, 1.165) is 11.1 Å². The van der Waals surface area contributed by atoms with Crippen LogP contribution < -0.4 is 10.6 Å². The number of amides is 1. The molecule has 0 aliphatic carbocycles. The molecule has 0 aromatic heterocycles. The van der Waals surface area contributed by atoms with E-state index in [1.165, 1.54) is 0 Å². The summed E-state index contributed by atoms with van der Waals surface area (Å²) >= 11 is 0. The summed E-state index contributed by atoms with van der Waals surface area (Å²) in [6, 6.07) is 18.5. The third kappa shape index (κ3) is 10.1. The Bertz CT molecular complexity index is 731. The van der Waals surface area contributed by atoms with E-state index in [0.29, 0.717) is 26.0 Å². The molecule has 0 spiro atoms. The fourth-order valence-electron chi connectivity index (χ4n) is 2.39. The second-order valence-electron chi connectivity index (χ2n) is 6.00. The van der Waals surface area contributed by atoms with Crippen LogP contribution in [-0.4, -0.2) is 43.0 Å². The number of ether oxygens (including phenoxy) is 1. The van der Waals surface area contributed by atoms with Gasteiger partial charge < -0.3 is 25.6 Å². The normalized spacial score (nSPS) is 14.3. The smallest absolute Gasteiger partial charge is 0.407 e. The highest BCUT2D eigenvalue weighted by atomic mass is 16.5. The maximum absolute atomic E-state index is 10.9. The maximum atomic E-state index is 10.9. The fourth-order valence-corrected chi connectivity index (χ4v) is 2.39. The van der Waals surface area contributed by atoms with Gasteiger partial charge in [0.15, 0.2) is 0 Å². The van der Waals surface area contributed by atoms with Crippen LogP contribution in [0.25, 0.3) is 0 Å². The molecule has 0 fully saturated rings. The van der Waals surface area contributed by atoms with E-state index in [1.807, 2.05) is 60.7 Å². The Kier molecular flexibility index (Phi) is 9.89. The number of benzene rings is 2. The van der Waals surface area contributed by atoms with E-state index in [1.54, 1.807) is 6.92 Å². The van der Waals surface area contributed by atoms with Gasteiger partial charge in [-0.25, -0.2) is 4.79 Å². The molecule has 0 bridgehead atoms. The zero-order valence-corrected chi connectivity index (χ0v) is 16.2. The van der Waals surface area contributed by atoms with Crippen molar-refractivity contribution < 1.29 is 23.9 Å². The van der Waals surface area contributed by atoms with E-state index in [9.17, 15) is 15.0 Å². The molecule has 0 saturated heterocycles. The lowest BCUT2D eigenvalue weighted by Gasteiger charge is -2.11. The number of hydrogen-bond acceptors (Lipinski definition) is 5. The summed E-state index contributed by atoms with van der Waals surface area (Å²) in [6.45, 7) is 0.642. The predicted molar refractivity (Wildman–Crippen MR) is 111 cm³/mol. The highest BCUT2D eigenvalue weighted by Gasteiger charge is 2.07. The summed E-state index contributed by atoms with van der Waals surface area (Å²) in [4.78, 5) is 10.9. The third-order valence-corrected chi connectivity index (χ3v) is 3.87. The lowest BCUT2D eigenvalue weighted by atomic mass is 10.1. The molecular weight excluding hydrogens is 356 g/mol. The quantitative estimate of drug-likeness (QED) is 0.527. The molecule has 2 unspecified atom stereocenters. The molecule has 6 nitrogen and oxygen atoms in total. The lowest BCUT2D eigenvalue weighted by Crippen LogP contribution is -2.26. The van der Waals surface area contributed by atoms with Crippen LogP contribution in [0.3, 0.4) is 0 Å². The number of carbonyl (C=O) groups is 1. The van der Waals surface area contributed by atoms with Gasteiger partial charge in [0.05, 0.1) is 18.8 Å². The molecular formula is C22H32N2O4. The van der Waals surface area contributed by atoms with Gasteiger partial charge in [0.2, 0.25) is 0 Å². The molecule has 2 aromatic rings. The first-order chi connectivity index (χ1) is 14.7. The Hall–Kier alpha value is -2.41. The van der Waals surface area contributed by atoms with Crippen molar-refractivity contribution in [1.82, 2.24) is 10.6 Å². The van der Waals surface area contributed by atoms with Crippen LogP contribution in [0.4, 0.5) is 4.79 Å². The number of hydrogen-bond donors (Lipinski definition) is 4. The van der Waals surface area contributed by atoms with Crippen molar-refractivity contribution >= 4 is 6.09 Å². The monoisotopic (exact) mass is 391 g/mol. The molecule has 6 heteroatoms. The van der Waals surface area contributed by atoms with Crippen LogP contribution >= 0.6 is 0 Å². The second-order valence-corrected chi connectivity index (χ2v) is 6.00. The van der Waals surface area contributed by atoms with Crippen molar-refractivity contribution in [2.45, 2.75) is 32.0 Å². The summed E-state index contributed by atoms with van der Waals surface area (Å²) < 4.78 is 25.5. The molecule has 2 aromatic carbocycles. The van der Waals surface area contributed by atoms with E-state index in [2.05, 4.69) is 10.6 Å². The molecule has 0 aliphatic heterocycles. The molecule has 0 radical (unpaired) electrons. The van der Waals surface area contributed by atoms with Crippen molar-refractivity contribution in [3.8, 4) is 0 Å². The van der Waals surface area contributed by atoms with Gasteiger partial charge in [-0.1, -0.05) is 60.7 Å². The summed E-state index contributed by atoms with van der Waals surface area (Å²) in [7, 11) is 0. The van der Waals surface area contributed by atoms with Crippen LogP contribution in [0.5, 0.6) is 0 Å². The van der Waals surface area contributed by atoms with E-state index in [4.69, 9.17) is 8.85 Å². The topological polar surface area (TPSA) is 90.8 Å². The van der Waals surface area contributed by atoms with Gasteiger partial charge >= 0.3 is 6.09 Å². The van der Waals surface area contributed by atoms with Crippen molar-refractivity contribution in [3.05, 3.63) is 71.8 Å². The van der Waals surface area contributed by atoms with Gasteiger partial charge in [0.25, 0.3) is 0 Å². The van der Waals surface area contributed by atoms with Gasteiger partial charge in [0, 0.05) is 10.7 Å². The average Bonchev–Trinajstić information content (AvgIpc) is 2.74. The predicted octanol–water partition coefficient (Wildman–Crippen LogP) is 3.19. The zero-order valence-electron chi connectivity index (χ0n) is 19.2. The first-order valence-electron chi connectivity index (χ1n) is 10.8. The highest BCUT2D eigenvalue weighted by molar-refractivity contribution is 5.66. The van der Waals surface area contributed by atoms with Crippen LogP contribution in [-0.2, 0) is 4.74 Å². The Balaban J connectivity index is 0.000000311. The summed E-state index contributed by atoms with van der Waals surface area (Å²) in [5, 5.41) is 24.4. The van der Waals surface area contributed by atoms with Crippen LogP contribution in [0.1, 0.15) is 47.2 Å². The average molecular weight is 392 g/mol. The Morgan fingerprint density at radius 2 is 1.46 bits per heavy atom. The molecule has 1 amide bonds. The molecule has 4 N–H and O–H groups in total. The summed E-state index contributed by atoms with van der Waals surface area (Å²) in [5.41, 5.74) is 1.66. The molecule has 28 heavy (non-hydrogen) atoms. The SMILES string of the molecule is CCOC(=O)NCCC(O)c1ccccc1.[2H]C([2H])([2H])NCCC(O)c1ccccc1. The van der Waals surface area contributed by atoms with E-state index in [-0.39, 0.29) is 6.54 Å². The second kappa shape index (κ2) is 14.6. The molecule has 0 saturated carbocycles. The molecule has 2 rings (SSSR count). The van der Waals surface area contributed by atoms with E-state index < -0.39 is 25.3 Å². The van der Waals surface area contributed by atoms with Crippen molar-refractivity contribution in [1.29, 1.82) is 0 Å². The highest BCUT2D eigenvalue weighted by Crippen LogP contribution is 2.15. The molecule has 2 atom stereocenters. The minimum Gasteiger partial charge on any atom is -0.450 e. The first kappa shape index (κ1) is 18.9. The van der Waals surface area contributed by atoms with Gasteiger partial charge in [0.1, 0.15) is 0 Å². The number of alkyl carbamates (subject to hydrolysis) is 1. The number of nitrogens with one attached hydrogen (secondary N) is 2. The van der Waals surface area contributed by atoms with Crippen molar-refractivity contribution in [3.63, 3.8) is 0 Å². The van der Waals surface area contributed by atoms with Crippen molar-refractivity contribution in [2.24, 2.45) is 0 Å². The molecule has 0 heterocycles. The van der Waals surface area contributed by atoms with Crippen molar-refractivity contribution in [2.75, 3.05) is 26.7 Å². The Morgan fingerprint density at radius 3 is 1.93 bits per heavy atom. The Labute approximate surface area is 171 Å².